The third-order valence-electron chi connectivity index (χ3n) is 2.63. The van der Waals surface area contributed by atoms with Gasteiger partial charge in [0, 0.05) is 25.0 Å². The summed E-state index contributed by atoms with van der Waals surface area (Å²) < 4.78 is 9.81. The maximum absolute atomic E-state index is 10.9. The van der Waals surface area contributed by atoms with Crippen molar-refractivity contribution in [1.29, 1.82) is 0 Å². The summed E-state index contributed by atoms with van der Waals surface area (Å²) in [6, 6.07) is 7.86. The molecule has 0 fully saturated rings. The van der Waals surface area contributed by atoms with E-state index in [1.54, 1.807) is 0 Å². The number of esters is 2. The minimum atomic E-state index is -0.411. The van der Waals surface area contributed by atoms with E-state index in [1.807, 2.05) is 24.3 Å². The van der Waals surface area contributed by atoms with Crippen LogP contribution in [0.2, 0.25) is 0 Å². The Morgan fingerprint density at radius 1 is 0.850 bits per heavy atom. The summed E-state index contributed by atoms with van der Waals surface area (Å²) in [6.45, 7) is 7.33. The van der Waals surface area contributed by atoms with E-state index in [4.69, 9.17) is 9.47 Å². The minimum absolute atomic E-state index is 0.334. The summed E-state index contributed by atoms with van der Waals surface area (Å²) in [5.74, 6) is -0.823. The Labute approximate surface area is 118 Å². The first kappa shape index (κ1) is 15.7. The van der Waals surface area contributed by atoms with E-state index < -0.39 is 11.9 Å². The van der Waals surface area contributed by atoms with Gasteiger partial charge in [0.25, 0.3) is 0 Å². The molecule has 0 N–H and O–H groups in total. The second kappa shape index (κ2) is 8.69. The molecular formula is C16H18O4. The molecule has 0 aliphatic rings. The van der Waals surface area contributed by atoms with Crippen molar-refractivity contribution in [3.05, 3.63) is 60.7 Å². The van der Waals surface area contributed by atoms with Crippen molar-refractivity contribution < 1.29 is 19.1 Å². The summed E-state index contributed by atoms with van der Waals surface area (Å²) in [6.07, 6.45) is 3.61. The number of hydrogen-bond acceptors (Lipinski definition) is 4. The summed E-state index contributed by atoms with van der Waals surface area (Å²) in [5.41, 5.74) is 2.15. The number of carbonyl (C=O) groups excluding carboxylic acids is 2. The topological polar surface area (TPSA) is 52.6 Å². The number of carbonyl (C=O) groups is 2. The number of ether oxygens (including phenoxy) is 2. The molecule has 0 saturated heterocycles. The van der Waals surface area contributed by atoms with Crippen molar-refractivity contribution in [3.63, 3.8) is 0 Å². The van der Waals surface area contributed by atoms with Gasteiger partial charge < -0.3 is 9.47 Å². The maximum Gasteiger partial charge on any atom is 0.330 e. The molecule has 0 bridgehead atoms. The molecule has 0 heterocycles. The average molecular weight is 274 g/mol. The highest BCUT2D eigenvalue weighted by Gasteiger charge is 2.00. The Morgan fingerprint density at radius 2 is 1.20 bits per heavy atom. The third-order valence-corrected chi connectivity index (χ3v) is 2.63. The summed E-state index contributed by atoms with van der Waals surface area (Å²) in [5, 5.41) is 0. The fraction of sp³-hybridized carbons (Fsp3) is 0.250. The molecule has 1 aromatic carbocycles. The molecule has 1 rings (SSSR count). The summed E-state index contributed by atoms with van der Waals surface area (Å²) in [7, 11) is 0. The third kappa shape index (κ3) is 6.00. The predicted octanol–water partition coefficient (Wildman–Crippen LogP) is 2.23. The lowest BCUT2D eigenvalue weighted by Crippen LogP contribution is -2.05. The first-order chi connectivity index (χ1) is 9.65. The van der Waals surface area contributed by atoms with Crippen LogP contribution in [0.15, 0.2) is 49.6 Å². The van der Waals surface area contributed by atoms with Crippen LogP contribution in [0.1, 0.15) is 11.1 Å². The van der Waals surface area contributed by atoms with E-state index in [2.05, 4.69) is 13.2 Å². The second-order valence-corrected chi connectivity index (χ2v) is 4.06. The van der Waals surface area contributed by atoms with Crippen LogP contribution in [-0.4, -0.2) is 25.2 Å². The fourth-order valence-corrected chi connectivity index (χ4v) is 1.53. The highest BCUT2D eigenvalue weighted by atomic mass is 16.5. The van der Waals surface area contributed by atoms with Gasteiger partial charge in [0.2, 0.25) is 0 Å². The standard InChI is InChI=1S/C16H18O4/c1-3-15(17)19-11-9-13-5-7-14(8-6-13)10-12-20-16(18)4-2/h3-8H,1-2,9-12H2. The average Bonchev–Trinajstić information content (AvgIpc) is 2.48. The van der Waals surface area contributed by atoms with Crippen molar-refractivity contribution in [2.24, 2.45) is 0 Å². The van der Waals surface area contributed by atoms with Crippen molar-refractivity contribution in [1.82, 2.24) is 0 Å². The van der Waals surface area contributed by atoms with Gasteiger partial charge >= 0.3 is 11.9 Å². The quantitative estimate of drug-likeness (QED) is 0.539. The van der Waals surface area contributed by atoms with Crippen molar-refractivity contribution in [2.45, 2.75) is 12.8 Å². The fourth-order valence-electron chi connectivity index (χ4n) is 1.53. The molecule has 4 heteroatoms. The molecule has 0 aliphatic heterocycles. The Hall–Kier alpha value is -2.36. The molecule has 0 aromatic heterocycles. The summed E-state index contributed by atoms with van der Waals surface area (Å²) >= 11 is 0. The Kier molecular flexibility index (Phi) is 6.82. The second-order valence-electron chi connectivity index (χ2n) is 4.06. The van der Waals surface area contributed by atoms with Crippen LogP contribution in [-0.2, 0) is 31.9 Å². The molecule has 1 aromatic rings. The lowest BCUT2D eigenvalue weighted by molar-refractivity contribution is -0.138. The zero-order chi connectivity index (χ0) is 14.8. The van der Waals surface area contributed by atoms with Crippen molar-refractivity contribution in [3.8, 4) is 0 Å². The molecule has 0 spiro atoms. The van der Waals surface area contributed by atoms with E-state index in [0.717, 1.165) is 23.3 Å². The zero-order valence-corrected chi connectivity index (χ0v) is 11.3. The monoisotopic (exact) mass is 274 g/mol. The van der Waals surface area contributed by atoms with E-state index in [0.29, 0.717) is 26.1 Å². The lowest BCUT2D eigenvalue weighted by atomic mass is 10.1. The molecule has 106 valence electrons. The molecule has 0 saturated carbocycles. The summed E-state index contributed by atoms with van der Waals surface area (Å²) in [4.78, 5) is 21.7. The molecule has 4 nitrogen and oxygen atoms in total. The Bertz CT molecular complexity index is 429. The highest BCUT2D eigenvalue weighted by Crippen LogP contribution is 2.06. The van der Waals surface area contributed by atoms with E-state index in [-0.39, 0.29) is 0 Å². The molecule has 20 heavy (non-hydrogen) atoms. The van der Waals surface area contributed by atoms with Gasteiger partial charge in [0.15, 0.2) is 0 Å². The molecule has 0 aliphatic carbocycles. The normalized spacial score (nSPS) is 9.60. The van der Waals surface area contributed by atoms with Gasteiger partial charge in [-0.15, -0.1) is 0 Å². The number of rotatable bonds is 8. The van der Waals surface area contributed by atoms with Crippen LogP contribution in [0.3, 0.4) is 0 Å². The number of hydrogen-bond donors (Lipinski definition) is 0. The van der Waals surface area contributed by atoms with Crippen LogP contribution < -0.4 is 0 Å². The van der Waals surface area contributed by atoms with Gasteiger partial charge in [-0.3, -0.25) is 0 Å². The van der Waals surface area contributed by atoms with Crippen molar-refractivity contribution in [2.75, 3.05) is 13.2 Å². The SMILES string of the molecule is C=CC(=O)OCCc1ccc(CCOC(=O)C=C)cc1. The van der Waals surface area contributed by atoms with Crippen LogP contribution in [0.25, 0.3) is 0 Å². The van der Waals surface area contributed by atoms with Gasteiger partial charge in [0.05, 0.1) is 13.2 Å². The van der Waals surface area contributed by atoms with Gasteiger partial charge in [-0.2, -0.15) is 0 Å². The smallest absolute Gasteiger partial charge is 0.330 e. The van der Waals surface area contributed by atoms with Crippen LogP contribution in [0, 0.1) is 0 Å². The Morgan fingerprint density at radius 3 is 1.50 bits per heavy atom. The van der Waals surface area contributed by atoms with Crippen LogP contribution in [0.5, 0.6) is 0 Å². The Balaban J connectivity index is 2.32. The van der Waals surface area contributed by atoms with E-state index >= 15 is 0 Å². The van der Waals surface area contributed by atoms with Crippen LogP contribution in [0.4, 0.5) is 0 Å². The molecule has 0 unspecified atom stereocenters. The lowest BCUT2D eigenvalue weighted by Gasteiger charge is -2.05. The molecular weight excluding hydrogens is 256 g/mol. The highest BCUT2D eigenvalue weighted by molar-refractivity contribution is 5.81. The minimum Gasteiger partial charge on any atom is -0.462 e. The van der Waals surface area contributed by atoms with Crippen molar-refractivity contribution >= 4 is 11.9 Å². The van der Waals surface area contributed by atoms with Gasteiger partial charge in [-0.1, -0.05) is 37.4 Å². The maximum atomic E-state index is 10.9. The van der Waals surface area contributed by atoms with Gasteiger partial charge in [-0.05, 0) is 11.1 Å². The molecule has 0 radical (unpaired) electrons. The van der Waals surface area contributed by atoms with E-state index in [9.17, 15) is 9.59 Å². The van der Waals surface area contributed by atoms with Crippen LogP contribution >= 0.6 is 0 Å². The van der Waals surface area contributed by atoms with Gasteiger partial charge in [0.1, 0.15) is 0 Å². The van der Waals surface area contributed by atoms with Gasteiger partial charge in [-0.25, -0.2) is 9.59 Å². The first-order valence-electron chi connectivity index (χ1n) is 6.32. The zero-order valence-electron chi connectivity index (χ0n) is 11.3. The predicted molar refractivity (Wildman–Crippen MR) is 76.2 cm³/mol. The largest absolute Gasteiger partial charge is 0.462 e. The number of benzene rings is 1. The molecule has 0 atom stereocenters. The first-order valence-corrected chi connectivity index (χ1v) is 6.32. The van der Waals surface area contributed by atoms with E-state index in [1.165, 1.54) is 0 Å². The molecule has 0 amide bonds.